The number of furan rings is 1. The van der Waals surface area contributed by atoms with Crippen molar-refractivity contribution in [2.75, 3.05) is 0 Å². The van der Waals surface area contributed by atoms with Crippen molar-refractivity contribution >= 4 is 17.7 Å². The van der Waals surface area contributed by atoms with Gasteiger partial charge in [0.1, 0.15) is 18.1 Å². The van der Waals surface area contributed by atoms with Crippen molar-refractivity contribution in [1.29, 1.82) is 0 Å². The molecule has 4 aliphatic rings. The van der Waals surface area contributed by atoms with Crippen LogP contribution in [0.2, 0.25) is 0 Å². The Bertz CT molecular complexity index is 800. The molecule has 24 heavy (non-hydrogen) atoms. The fourth-order valence-electron chi connectivity index (χ4n) is 5.05. The summed E-state index contributed by atoms with van der Waals surface area (Å²) in [6.07, 6.45) is 8.21. The van der Waals surface area contributed by atoms with Crippen molar-refractivity contribution in [2.24, 2.45) is 17.3 Å². The standard InChI is InChI=1S/C19H18O5/c1-10-7-14-16-12(17(20)23-14)3-2-4-13(16)19(10)8-15(24-18(19)21)11-5-6-22-9-11/h5-6,8-10,13-14H,2-4,7H2,1H3/t10-,13+,14+,19+/m0/s1. The maximum absolute atomic E-state index is 13.0. The van der Waals surface area contributed by atoms with Crippen molar-refractivity contribution < 1.29 is 23.5 Å². The summed E-state index contributed by atoms with van der Waals surface area (Å²) in [6, 6.07) is 1.79. The van der Waals surface area contributed by atoms with Gasteiger partial charge >= 0.3 is 11.9 Å². The van der Waals surface area contributed by atoms with E-state index >= 15 is 0 Å². The van der Waals surface area contributed by atoms with Crippen molar-refractivity contribution in [3.63, 3.8) is 0 Å². The summed E-state index contributed by atoms with van der Waals surface area (Å²) in [6.45, 7) is 2.06. The molecule has 3 heterocycles. The Balaban J connectivity index is 1.67. The van der Waals surface area contributed by atoms with E-state index in [1.807, 2.05) is 6.08 Å². The number of rotatable bonds is 1. The maximum Gasteiger partial charge on any atom is 0.334 e. The van der Waals surface area contributed by atoms with E-state index in [1.54, 1.807) is 18.6 Å². The van der Waals surface area contributed by atoms with Gasteiger partial charge in [-0.1, -0.05) is 6.92 Å². The monoisotopic (exact) mass is 326 g/mol. The molecule has 5 nitrogen and oxygen atoms in total. The Kier molecular flexibility index (Phi) is 2.71. The van der Waals surface area contributed by atoms with Crippen LogP contribution in [-0.2, 0) is 19.1 Å². The number of fused-ring (bicyclic) bond motifs is 1. The molecular weight excluding hydrogens is 308 g/mol. The molecule has 1 aromatic heterocycles. The molecule has 1 aromatic rings. The van der Waals surface area contributed by atoms with E-state index in [1.165, 1.54) is 0 Å². The average Bonchev–Trinajstić information content (AvgIpc) is 3.26. The lowest BCUT2D eigenvalue weighted by Crippen LogP contribution is -2.49. The Morgan fingerprint density at radius 1 is 1.29 bits per heavy atom. The van der Waals surface area contributed by atoms with Gasteiger partial charge in [-0.25, -0.2) is 4.79 Å². The quantitative estimate of drug-likeness (QED) is 0.741. The SMILES string of the molecule is C[C@H]1C[C@H]2OC(=O)C3=C2[C@@H](CCC3)[C@@]12C=C(c1ccoc1)OC2=O. The number of hydrogen-bond acceptors (Lipinski definition) is 5. The van der Waals surface area contributed by atoms with Crippen LogP contribution in [0, 0.1) is 17.3 Å². The lowest BCUT2D eigenvalue weighted by Gasteiger charge is -2.46. The number of esters is 2. The predicted molar refractivity (Wildman–Crippen MR) is 83.2 cm³/mol. The number of carbonyl (C=O) groups excluding carboxylic acids is 2. The van der Waals surface area contributed by atoms with Gasteiger partial charge < -0.3 is 13.9 Å². The predicted octanol–water partition coefficient (Wildman–Crippen LogP) is 3.23. The lowest BCUT2D eigenvalue weighted by atomic mass is 9.55. The first-order chi connectivity index (χ1) is 11.6. The third kappa shape index (κ3) is 1.60. The lowest BCUT2D eigenvalue weighted by molar-refractivity contribution is -0.151. The minimum Gasteiger partial charge on any atom is -0.472 e. The van der Waals surface area contributed by atoms with Gasteiger partial charge in [-0.3, -0.25) is 4.79 Å². The summed E-state index contributed by atoms with van der Waals surface area (Å²) in [5.74, 6) is 0.228. The second-order valence-electron chi connectivity index (χ2n) is 7.25. The van der Waals surface area contributed by atoms with E-state index in [2.05, 4.69) is 6.92 Å². The van der Waals surface area contributed by atoms with Crippen LogP contribution < -0.4 is 0 Å². The molecule has 0 saturated heterocycles. The van der Waals surface area contributed by atoms with E-state index in [0.29, 0.717) is 12.2 Å². The average molecular weight is 326 g/mol. The van der Waals surface area contributed by atoms with Crippen LogP contribution in [0.25, 0.3) is 5.76 Å². The van der Waals surface area contributed by atoms with Crippen LogP contribution in [0.4, 0.5) is 0 Å². The maximum atomic E-state index is 13.0. The molecule has 5 heteroatoms. The Labute approximate surface area is 139 Å². The van der Waals surface area contributed by atoms with E-state index in [4.69, 9.17) is 13.9 Å². The van der Waals surface area contributed by atoms with E-state index < -0.39 is 5.41 Å². The fourth-order valence-corrected chi connectivity index (χ4v) is 5.05. The molecule has 0 unspecified atom stereocenters. The minimum atomic E-state index is -0.696. The van der Waals surface area contributed by atoms with Gasteiger partial charge in [0.05, 0.1) is 17.2 Å². The summed E-state index contributed by atoms with van der Waals surface area (Å²) in [4.78, 5) is 25.2. The molecule has 1 spiro atoms. The van der Waals surface area contributed by atoms with Gasteiger partial charge in [-0.15, -0.1) is 0 Å². The highest BCUT2D eigenvalue weighted by Crippen LogP contribution is 2.60. The fraction of sp³-hybridized carbons (Fsp3) is 0.474. The van der Waals surface area contributed by atoms with Gasteiger partial charge in [0.15, 0.2) is 0 Å². The summed E-state index contributed by atoms with van der Waals surface area (Å²) in [5.41, 5.74) is 1.95. The summed E-state index contributed by atoms with van der Waals surface area (Å²) >= 11 is 0. The first-order valence-electron chi connectivity index (χ1n) is 8.53. The molecular formula is C19H18O5. The highest BCUT2D eigenvalue weighted by atomic mass is 16.6. The molecule has 124 valence electrons. The largest absolute Gasteiger partial charge is 0.472 e. The summed E-state index contributed by atoms with van der Waals surface area (Å²) in [5, 5.41) is 0. The van der Waals surface area contributed by atoms with Gasteiger partial charge in [0.25, 0.3) is 0 Å². The highest BCUT2D eigenvalue weighted by molar-refractivity contribution is 5.96. The number of carbonyl (C=O) groups is 2. The zero-order valence-electron chi connectivity index (χ0n) is 13.4. The minimum absolute atomic E-state index is 0.00153. The molecule has 0 bridgehead atoms. The van der Waals surface area contributed by atoms with Gasteiger partial charge in [-0.05, 0) is 49.3 Å². The molecule has 0 radical (unpaired) electrons. The van der Waals surface area contributed by atoms with Crippen LogP contribution in [0.15, 0.2) is 40.2 Å². The molecule has 2 aliphatic heterocycles. The van der Waals surface area contributed by atoms with Crippen LogP contribution >= 0.6 is 0 Å². The Morgan fingerprint density at radius 2 is 2.17 bits per heavy atom. The molecule has 1 fully saturated rings. The number of hydrogen-bond donors (Lipinski definition) is 0. The molecule has 5 rings (SSSR count). The second kappa shape index (κ2) is 4.62. The first kappa shape index (κ1) is 14.1. The van der Waals surface area contributed by atoms with Crippen LogP contribution in [-0.4, -0.2) is 18.0 Å². The Hall–Kier alpha value is -2.30. The van der Waals surface area contributed by atoms with Crippen molar-refractivity contribution in [1.82, 2.24) is 0 Å². The van der Waals surface area contributed by atoms with Crippen molar-refractivity contribution in [2.45, 2.75) is 38.7 Å². The second-order valence-corrected chi connectivity index (χ2v) is 7.25. The topological polar surface area (TPSA) is 65.7 Å². The summed E-state index contributed by atoms with van der Waals surface area (Å²) < 4.78 is 16.4. The third-order valence-corrected chi connectivity index (χ3v) is 6.18. The normalized spacial score (nSPS) is 37.4. The van der Waals surface area contributed by atoms with Crippen LogP contribution in [0.1, 0.15) is 38.2 Å². The van der Waals surface area contributed by atoms with Gasteiger partial charge in [-0.2, -0.15) is 0 Å². The van der Waals surface area contributed by atoms with Gasteiger partial charge in [0, 0.05) is 11.5 Å². The van der Waals surface area contributed by atoms with E-state index in [9.17, 15) is 9.59 Å². The molecule has 0 amide bonds. The first-order valence-corrected chi connectivity index (χ1v) is 8.53. The van der Waals surface area contributed by atoms with Gasteiger partial charge in [0.2, 0.25) is 0 Å². The molecule has 2 aliphatic carbocycles. The third-order valence-electron chi connectivity index (χ3n) is 6.18. The van der Waals surface area contributed by atoms with Crippen molar-refractivity contribution in [3.8, 4) is 0 Å². The number of cyclic esters (lactones) is 1. The van der Waals surface area contributed by atoms with Crippen LogP contribution in [0.5, 0.6) is 0 Å². The summed E-state index contributed by atoms with van der Waals surface area (Å²) in [7, 11) is 0. The van der Waals surface area contributed by atoms with Crippen LogP contribution in [0.3, 0.4) is 0 Å². The van der Waals surface area contributed by atoms with E-state index in [-0.39, 0.29) is 29.9 Å². The highest BCUT2D eigenvalue weighted by Gasteiger charge is 2.61. The Morgan fingerprint density at radius 3 is 2.96 bits per heavy atom. The smallest absolute Gasteiger partial charge is 0.334 e. The molecule has 1 saturated carbocycles. The van der Waals surface area contributed by atoms with Crippen molar-refractivity contribution in [3.05, 3.63) is 41.4 Å². The molecule has 0 aromatic carbocycles. The number of ether oxygens (including phenoxy) is 2. The molecule has 4 atom stereocenters. The zero-order chi connectivity index (χ0) is 16.5. The van der Waals surface area contributed by atoms with E-state index in [0.717, 1.165) is 36.0 Å². The zero-order valence-corrected chi connectivity index (χ0v) is 13.4. The molecule has 0 N–H and O–H groups in total.